The Balaban J connectivity index is 0.000000295. The van der Waals surface area contributed by atoms with Gasteiger partial charge in [-0.2, -0.15) is 0 Å². The lowest BCUT2D eigenvalue weighted by molar-refractivity contribution is -0.143. The van der Waals surface area contributed by atoms with E-state index in [-0.39, 0.29) is 30.4 Å². The van der Waals surface area contributed by atoms with Gasteiger partial charge in [0.05, 0.1) is 26.5 Å². The smallest absolute Gasteiger partial charge is 0.408 e. The third-order valence-electron chi connectivity index (χ3n) is 12.5. The summed E-state index contributed by atoms with van der Waals surface area (Å²) in [5, 5.41) is 5.12. The number of esters is 1. The number of amides is 2. The maximum atomic E-state index is 11.8. The maximum Gasteiger partial charge on any atom is 0.408 e. The first-order valence-corrected chi connectivity index (χ1v) is 27.6. The Morgan fingerprint density at radius 3 is 1.11 bits per heavy atom. The molecule has 0 radical (unpaired) electrons. The molecular weight excluding hydrogens is 1030 g/mol. The molecule has 5 N–H and O–H groups in total. The number of hydrogen-bond acceptors (Lipinski definition) is 13. The Morgan fingerprint density at radius 1 is 0.500 bits per heavy atom. The number of anilines is 4. The summed E-state index contributed by atoms with van der Waals surface area (Å²) in [6.07, 6.45) is 1.62. The van der Waals surface area contributed by atoms with Crippen molar-refractivity contribution < 1.29 is 33.3 Å². The minimum Gasteiger partial charge on any atom is -0.494 e. The van der Waals surface area contributed by atoms with Gasteiger partial charge < -0.3 is 54.9 Å². The van der Waals surface area contributed by atoms with Crippen LogP contribution in [-0.4, -0.2) is 120 Å². The summed E-state index contributed by atoms with van der Waals surface area (Å²) < 4.78 is 21.5. The van der Waals surface area contributed by atoms with Crippen LogP contribution in [0.15, 0.2) is 146 Å². The number of carbonyl (C=O) groups excluding carboxylic acids is 3. The van der Waals surface area contributed by atoms with Crippen LogP contribution in [0.3, 0.4) is 0 Å². The molecule has 0 aliphatic heterocycles. The molecule has 0 unspecified atom stereocenters. The van der Waals surface area contributed by atoms with E-state index >= 15 is 0 Å². The van der Waals surface area contributed by atoms with E-state index in [1.54, 1.807) is 20.8 Å². The highest BCUT2D eigenvalue weighted by Gasteiger charge is 2.20. The lowest BCUT2D eigenvalue weighted by Gasteiger charge is -2.22. The van der Waals surface area contributed by atoms with E-state index in [4.69, 9.17) is 36.5 Å². The molecule has 6 aromatic carbocycles. The first-order valence-electron chi connectivity index (χ1n) is 27.2. The van der Waals surface area contributed by atoms with E-state index in [9.17, 15) is 14.4 Å². The van der Waals surface area contributed by atoms with Crippen LogP contribution in [-0.2, 0) is 19.1 Å². The van der Waals surface area contributed by atoms with Crippen molar-refractivity contribution in [2.24, 2.45) is 5.73 Å². The molecule has 16 heteroatoms. The van der Waals surface area contributed by atoms with Crippen molar-refractivity contribution in [3.05, 3.63) is 179 Å². The highest BCUT2D eigenvalue weighted by atomic mass is 35.5. The van der Waals surface area contributed by atoms with Crippen LogP contribution in [0.1, 0.15) is 98.6 Å². The molecule has 15 nitrogen and oxygen atoms in total. The van der Waals surface area contributed by atoms with Crippen molar-refractivity contribution in [1.29, 1.82) is 0 Å². The van der Waals surface area contributed by atoms with Gasteiger partial charge in [0.1, 0.15) is 17.1 Å². The summed E-state index contributed by atoms with van der Waals surface area (Å²) in [6, 6.07) is 51.5. The average Bonchev–Trinajstić information content (AvgIpc) is 3.50. The molecular formula is C64H87ClN8O7. The molecule has 0 saturated heterocycles. The van der Waals surface area contributed by atoms with Crippen LogP contribution in [0.2, 0.25) is 0 Å². The number of halogens is 1. The van der Waals surface area contributed by atoms with Crippen LogP contribution in [0.25, 0.3) is 0 Å². The van der Waals surface area contributed by atoms with E-state index in [0.717, 1.165) is 11.5 Å². The number of benzene rings is 6. The molecule has 2 amide bonds. The number of nitrogens with two attached hydrogens (primary N) is 1. The number of hydrogen-bond donors (Lipinski definition) is 4. The standard InChI is InChI=1S/C29H37ClN4O2.C29H36N2O3.C6H14N2O2/c1-33(2)25-13-7-22(8-14-25)29(23-9-15-26(16-10-23)34(3)4)24-11-17-27(18-12-24)36-21-5-6-28(35)31-19-20-32-30;1-6-33-28(32)8-7-21-34-27-19-13-24(14-20-27)29(22-9-15-25(16-10-22)30(2)3)23-11-17-26(18-12-23)31(4)5;1-6(2,3)10-5(9)8-4-7/h7-18,29,32H,5-6,19-21H2,1-4H3,(H,31,35);9-20,29H,6-8,21H2,1-5H3;4,7H2,1-3H3,(H,8,9). The second-order valence-electron chi connectivity index (χ2n) is 20.8. The molecule has 0 saturated carbocycles. The fourth-order valence-electron chi connectivity index (χ4n) is 8.32. The summed E-state index contributed by atoms with van der Waals surface area (Å²) in [5.41, 5.74) is 16.7. The van der Waals surface area contributed by atoms with Crippen LogP contribution in [0.5, 0.6) is 11.5 Å². The Morgan fingerprint density at radius 2 is 0.825 bits per heavy atom. The summed E-state index contributed by atoms with van der Waals surface area (Å²) >= 11 is 5.39. The van der Waals surface area contributed by atoms with Gasteiger partial charge in [-0.1, -0.05) is 72.8 Å². The molecule has 6 aromatic rings. The predicted molar refractivity (Wildman–Crippen MR) is 329 cm³/mol. The zero-order valence-electron chi connectivity index (χ0n) is 49.2. The molecule has 0 aliphatic carbocycles. The van der Waals surface area contributed by atoms with E-state index < -0.39 is 11.7 Å². The van der Waals surface area contributed by atoms with Crippen LogP contribution >= 0.6 is 11.8 Å². The normalized spacial score (nSPS) is 10.8. The summed E-state index contributed by atoms with van der Waals surface area (Å²) in [4.78, 5) is 44.8. The number of ether oxygens (including phenoxy) is 4. The van der Waals surface area contributed by atoms with Crippen molar-refractivity contribution in [2.75, 3.05) is 116 Å². The summed E-state index contributed by atoms with van der Waals surface area (Å²) in [7, 11) is 16.4. The third kappa shape index (κ3) is 22.7. The summed E-state index contributed by atoms with van der Waals surface area (Å²) in [6.45, 7) is 9.75. The highest BCUT2D eigenvalue weighted by Crippen LogP contribution is 2.36. The van der Waals surface area contributed by atoms with Gasteiger partial charge in [-0.15, -0.1) is 0 Å². The van der Waals surface area contributed by atoms with Crippen molar-refractivity contribution in [3.63, 3.8) is 0 Å². The van der Waals surface area contributed by atoms with Gasteiger partial charge in [-0.25, -0.2) is 9.63 Å². The highest BCUT2D eigenvalue weighted by molar-refractivity contribution is 6.13. The van der Waals surface area contributed by atoms with Gasteiger partial charge in [-0.3, -0.25) is 9.59 Å². The maximum absolute atomic E-state index is 11.8. The van der Waals surface area contributed by atoms with Gasteiger partial charge in [0.2, 0.25) is 5.91 Å². The molecule has 0 bridgehead atoms. The van der Waals surface area contributed by atoms with E-state index in [1.807, 2.05) is 31.2 Å². The average molecular weight is 1120 g/mol. The minimum absolute atomic E-state index is 0.00396. The molecule has 432 valence electrons. The van der Waals surface area contributed by atoms with E-state index in [1.165, 1.54) is 56.1 Å². The molecule has 0 fully saturated rings. The lowest BCUT2D eigenvalue weighted by Crippen LogP contribution is -2.35. The SMILES string of the molecule is CC(C)(C)OC(=O)NCN.CCOC(=O)CCCOc1ccc(C(c2ccc(N(C)C)cc2)c2ccc(N(C)C)cc2)cc1.CN(C)c1ccc(C(c2ccc(OCCCC(=O)NCCNCl)cc2)c2ccc(N(C)C)cc2)cc1. The van der Waals surface area contributed by atoms with Gasteiger partial charge in [-0.05, 0) is 158 Å². The van der Waals surface area contributed by atoms with Crippen molar-refractivity contribution in [3.8, 4) is 11.5 Å². The quantitative estimate of drug-likeness (QED) is 0.0141. The molecule has 0 heterocycles. The van der Waals surface area contributed by atoms with Crippen LogP contribution in [0, 0.1) is 0 Å². The number of nitrogens with zero attached hydrogens (tertiary/aromatic N) is 4. The number of carbonyl (C=O) groups is 3. The molecule has 0 spiro atoms. The molecule has 80 heavy (non-hydrogen) atoms. The molecule has 0 aliphatic rings. The van der Waals surface area contributed by atoms with Crippen LogP contribution < -0.4 is 50.3 Å². The predicted octanol–water partition coefficient (Wildman–Crippen LogP) is 11.2. The Kier molecular flexibility index (Phi) is 27.5. The van der Waals surface area contributed by atoms with Crippen molar-refractivity contribution in [1.82, 2.24) is 15.5 Å². The number of alkyl carbamates (subject to hydrolysis) is 1. The monoisotopic (exact) mass is 1110 g/mol. The largest absolute Gasteiger partial charge is 0.494 e. The fraction of sp³-hybridized carbons (Fsp3) is 0.391. The second kappa shape index (κ2) is 33.9. The lowest BCUT2D eigenvalue weighted by atomic mass is 9.85. The second-order valence-corrected chi connectivity index (χ2v) is 21.0. The van der Waals surface area contributed by atoms with Gasteiger partial charge in [0, 0.05) is 117 Å². The minimum atomic E-state index is -0.477. The first kappa shape index (κ1) is 65.1. The Bertz CT molecular complexity index is 2610. The van der Waals surface area contributed by atoms with Crippen molar-refractivity contribution in [2.45, 2.75) is 70.8 Å². The Hall–Kier alpha value is -7.46. The zero-order chi connectivity index (χ0) is 58.6. The zero-order valence-corrected chi connectivity index (χ0v) is 49.9. The molecule has 0 aromatic heterocycles. The van der Waals surface area contributed by atoms with E-state index in [0.29, 0.717) is 58.6 Å². The van der Waals surface area contributed by atoms with Gasteiger partial charge in [0.25, 0.3) is 0 Å². The van der Waals surface area contributed by atoms with Gasteiger partial charge in [0.15, 0.2) is 0 Å². The number of rotatable bonds is 25. The third-order valence-corrected chi connectivity index (χ3v) is 12.7. The summed E-state index contributed by atoms with van der Waals surface area (Å²) in [5.74, 6) is 1.66. The first-order chi connectivity index (χ1) is 38.2. The van der Waals surface area contributed by atoms with Crippen molar-refractivity contribution >= 4 is 52.5 Å². The Labute approximate surface area is 481 Å². The van der Waals surface area contributed by atoms with E-state index in [2.05, 4.69) is 213 Å². The van der Waals surface area contributed by atoms with Gasteiger partial charge >= 0.3 is 12.1 Å². The molecule has 6 rings (SSSR count). The molecule has 0 atom stereocenters. The fourth-order valence-corrected chi connectivity index (χ4v) is 8.42. The topological polar surface area (TPSA) is 163 Å². The number of nitrogens with one attached hydrogen (secondary N) is 3. The van der Waals surface area contributed by atoms with Crippen LogP contribution in [0.4, 0.5) is 27.5 Å².